The minimum Gasteiger partial charge on any atom is -0.508 e. The molecule has 4 rings (SSSR count). The number of amides is 5. The van der Waals surface area contributed by atoms with E-state index < -0.39 is 89.9 Å². The lowest BCUT2D eigenvalue weighted by atomic mass is 9.84. The number of ketones is 1. The molecule has 2 bridgehead atoms. The molecule has 2 saturated heterocycles. The number of aromatic hydroxyl groups is 1. The molecule has 2 fully saturated rings. The second-order valence-corrected chi connectivity index (χ2v) is 16.0. The first-order valence-corrected chi connectivity index (χ1v) is 20.7. The molecular formula is C44H59N5O12. The molecule has 5 amide bonds. The van der Waals surface area contributed by atoms with Gasteiger partial charge in [-0.1, -0.05) is 69.4 Å². The van der Waals surface area contributed by atoms with Crippen molar-refractivity contribution in [2.24, 2.45) is 17.8 Å². The molecule has 6 N–H and O–H groups in total. The second-order valence-electron chi connectivity index (χ2n) is 16.0. The summed E-state index contributed by atoms with van der Waals surface area (Å²) in [5.41, 5.74) is 4.02. The van der Waals surface area contributed by atoms with Gasteiger partial charge in [0.2, 0.25) is 11.8 Å². The zero-order chi connectivity index (χ0) is 44.8. The van der Waals surface area contributed by atoms with Gasteiger partial charge in [-0.15, -0.1) is 0 Å². The molecule has 332 valence electrons. The SMILES string of the molecule is CC(=O)CC[C@H]1C(=O)N[C@@H](C(C)C)C(=O)N[C@@H](Cc2cccc(O)c2)C(=O)N2CCCC(N2)C(=O)O[C@H](/C(C)=C/C=C/C(=O)N2CCOC2=O)C/C=C/C=C/[C@H](O)[C@H](C)[C@H]1O. The number of aliphatic hydroxyl groups is 2. The summed E-state index contributed by atoms with van der Waals surface area (Å²) < 4.78 is 10.8. The van der Waals surface area contributed by atoms with Crippen LogP contribution in [0.5, 0.6) is 5.75 Å². The summed E-state index contributed by atoms with van der Waals surface area (Å²) in [6.07, 6.45) is 6.84. The zero-order valence-electron chi connectivity index (χ0n) is 35.3. The van der Waals surface area contributed by atoms with Crippen LogP contribution in [0.15, 0.2) is 72.4 Å². The number of nitrogens with one attached hydrogen (secondary N) is 3. The zero-order valence-corrected chi connectivity index (χ0v) is 35.3. The Morgan fingerprint density at radius 2 is 1.77 bits per heavy atom. The summed E-state index contributed by atoms with van der Waals surface area (Å²) in [4.78, 5) is 93.5. The molecule has 3 aliphatic heterocycles. The van der Waals surface area contributed by atoms with Crippen LogP contribution in [-0.2, 0) is 44.7 Å². The van der Waals surface area contributed by atoms with Crippen molar-refractivity contribution in [1.29, 1.82) is 0 Å². The lowest BCUT2D eigenvalue weighted by Gasteiger charge is -2.36. The van der Waals surface area contributed by atoms with E-state index in [4.69, 9.17) is 9.47 Å². The highest BCUT2D eigenvalue weighted by Crippen LogP contribution is 2.24. The maximum absolute atomic E-state index is 14.3. The van der Waals surface area contributed by atoms with E-state index in [2.05, 4.69) is 16.1 Å². The number of carbonyl (C=O) groups is 7. The summed E-state index contributed by atoms with van der Waals surface area (Å²) in [7, 11) is 0. The smallest absolute Gasteiger partial charge is 0.416 e. The fourth-order valence-corrected chi connectivity index (χ4v) is 7.12. The van der Waals surface area contributed by atoms with Crippen LogP contribution in [0.3, 0.4) is 0 Å². The highest BCUT2D eigenvalue weighted by atomic mass is 16.6. The Morgan fingerprint density at radius 1 is 1.02 bits per heavy atom. The van der Waals surface area contributed by atoms with E-state index in [0.29, 0.717) is 24.0 Å². The third kappa shape index (κ3) is 13.9. The molecule has 0 aliphatic carbocycles. The van der Waals surface area contributed by atoms with E-state index in [1.54, 1.807) is 58.1 Å². The monoisotopic (exact) mass is 849 g/mol. The van der Waals surface area contributed by atoms with Gasteiger partial charge >= 0.3 is 12.1 Å². The molecule has 0 radical (unpaired) electrons. The largest absolute Gasteiger partial charge is 0.508 e. The number of carbonyl (C=O) groups excluding carboxylic acids is 7. The van der Waals surface area contributed by atoms with E-state index in [1.807, 2.05) is 0 Å². The van der Waals surface area contributed by atoms with Crippen molar-refractivity contribution >= 4 is 41.5 Å². The highest BCUT2D eigenvalue weighted by Gasteiger charge is 2.39. The average molecular weight is 850 g/mol. The Kier molecular flexibility index (Phi) is 18.0. The van der Waals surface area contributed by atoms with Gasteiger partial charge in [0.25, 0.3) is 11.8 Å². The van der Waals surface area contributed by atoms with E-state index >= 15 is 0 Å². The summed E-state index contributed by atoms with van der Waals surface area (Å²) >= 11 is 0. The number of hydrazine groups is 1. The second kappa shape index (κ2) is 22.8. The predicted octanol–water partition coefficient (Wildman–Crippen LogP) is 2.31. The molecule has 0 spiro atoms. The number of hydrogen-bond acceptors (Lipinski definition) is 13. The summed E-state index contributed by atoms with van der Waals surface area (Å²) in [5.74, 6) is -6.14. The summed E-state index contributed by atoms with van der Waals surface area (Å²) in [6, 6.07) is 2.77. The van der Waals surface area contributed by atoms with Crippen LogP contribution in [0.2, 0.25) is 0 Å². The number of ether oxygens (including phenoxy) is 2. The maximum atomic E-state index is 14.3. The number of phenolic OH excluding ortho intramolecular Hbond substituents is 1. The van der Waals surface area contributed by atoms with Gasteiger partial charge in [0.1, 0.15) is 42.4 Å². The Hall–Kier alpha value is -5.65. The number of esters is 1. The minimum absolute atomic E-state index is 0.0435. The number of aliphatic hydroxyl groups excluding tert-OH is 2. The summed E-state index contributed by atoms with van der Waals surface area (Å²) in [5, 5.41) is 39.5. The predicted molar refractivity (Wildman–Crippen MR) is 222 cm³/mol. The van der Waals surface area contributed by atoms with Crippen LogP contribution in [0, 0.1) is 17.8 Å². The lowest BCUT2D eigenvalue weighted by molar-refractivity contribution is -0.156. The normalized spacial score (nSPS) is 28.9. The van der Waals surface area contributed by atoms with Crippen molar-refractivity contribution in [3.63, 3.8) is 0 Å². The number of Topliss-reactive ketones (excluding diaryl/α,β-unsaturated/α-hetero) is 1. The molecule has 0 aromatic heterocycles. The van der Waals surface area contributed by atoms with Crippen molar-refractivity contribution in [2.45, 2.75) is 110 Å². The van der Waals surface area contributed by atoms with Gasteiger partial charge in [0.15, 0.2) is 0 Å². The number of phenols is 1. The van der Waals surface area contributed by atoms with Gasteiger partial charge in [0.05, 0.1) is 24.7 Å². The standard InChI is InChI=1S/C44H59N5O12/c1-26(2)38-41(56)45-34(25-30-13-10-14-31(51)24-30)42(57)49-21-11-15-33(47-49)43(58)61-36(27(3)12-9-18-37(53)48-22-23-60-44(48)59)17-8-6-7-16-35(52)29(5)39(54)32(40(55)46-38)20-19-28(4)50/h6-10,12-14,16,18,24,26,29,32-36,38-39,47,51-52,54H,11,15,17,19-23,25H2,1-5H3,(H,45,56)(H,46,55)/b8-6+,16-7+,18-9+,27-12+/t29-,32+,33?,34-,35-,36-,38-,39+/m0/s1. The number of nitrogens with zero attached hydrogens (tertiary/aromatic N) is 2. The molecule has 3 heterocycles. The number of rotatable bonds is 9. The third-order valence-corrected chi connectivity index (χ3v) is 10.9. The van der Waals surface area contributed by atoms with Crippen LogP contribution >= 0.6 is 0 Å². The van der Waals surface area contributed by atoms with E-state index in [-0.39, 0.29) is 56.9 Å². The average Bonchev–Trinajstić information content (AvgIpc) is 3.66. The topological polar surface area (TPSA) is 241 Å². The van der Waals surface area contributed by atoms with Gasteiger partial charge < -0.3 is 40.2 Å². The molecule has 17 heteroatoms. The molecule has 61 heavy (non-hydrogen) atoms. The van der Waals surface area contributed by atoms with Crippen LogP contribution in [0.1, 0.15) is 72.3 Å². The fraction of sp³-hybridized carbons (Fsp3) is 0.523. The molecule has 0 saturated carbocycles. The number of imide groups is 1. The molecule has 8 atom stereocenters. The summed E-state index contributed by atoms with van der Waals surface area (Å²) in [6.45, 7) is 8.40. The first-order chi connectivity index (χ1) is 29.0. The Morgan fingerprint density at radius 3 is 2.44 bits per heavy atom. The quantitative estimate of drug-likeness (QED) is 0.119. The molecular weight excluding hydrogens is 791 g/mol. The van der Waals surface area contributed by atoms with Gasteiger partial charge in [-0.25, -0.2) is 15.1 Å². The van der Waals surface area contributed by atoms with Crippen LogP contribution in [0.25, 0.3) is 0 Å². The molecule has 17 nitrogen and oxygen atoms in total. The van der Waals surface area contributed by atoms with Crippen LogP contribution in [-0.4, -0.2) is 123 Å². The number of allylic oxidation sites excluding steroid dienone is 4. The van der Waals surface area contributed by atoms with E-state index in [0.717, 1.165) is 4.90 Å². The van der Waals surface area contributed by atoms with Gasteiger partial charge in [-0.05, 0) is 62.3 Å². The van der Waals surface area contributed by atoms with Crippen molar-refractivity contribution < 1.29 is 58.4 Å². The molecule has 1 unspecified atom stereocenters. The molecule has 3 aliphatic rings. The number of hydrogen-bond donors (Lipinski definition) is 6. The van der Waals surface area contributed by atoms with Crippen LogP contribution < -0.4 is 16.1 Å². The minimum atomic E-state index is -1.44. The maximum Gasteiger partial charge on any atom is 0.416 e. The number of fused-ring (bicyclic) bond motifs is 2. The number of cyclic esters (lactones) is 2. The first-order valence-electron chi connectivity index (χ1n) is 20.7. The van der Waals surface area contributed by atoms with Crippen molar-refractivity contribution in [2.75, 3.05) is 19.7 Å². The van der Waals surface area contributed by atoms with Gasteiger partial charge in [-0.3, -0.25) is 29.0 Å². The first kappa shape index (κ1) is 48.0. The molecule has 1 aromatic rings. The van der Waals surface area contributed by atoms with Crippen molar-refractivity contribution in [1.82, 2.24) is 26.0 Å². The highest BCUT2D eigenvalue weighted by molar-refractivity contribution is 5.99. The van der Waals surface area contributed by atoms with E-state index in [9.17, 15) is 48.9 Å². The van der Waals surface area contributed by atoms with Gasteiger partial charge in [0, 0.05) is 37.8 Å². The van der Waals surface area contributed by atoms with Crippen molar-refractivity contribution in [3.05, 3.63) is 77.9 Å². The molecule has 1 aromatic carbocycles. The van der Waals surface area contributed by atoms with Gasteiger partial charge in [-0.2, -0.15) is 0 Å². The third-order valence-electron chi connectivity index (χ3n) is 10.9. The Bertz CT molecular complexity index is 1890. The Labute approximate surface area is 355 Å². The van der Waals surface area contributed by atoms with Crippen LogP contribution in [0.4, 0.5) is 4.79 Å². The number of benzene rings is 1. The fourth-order valence-electron chi connectivity index (χ4n) is 7.12. The Balaban J connectivity index is 1.71. The lowest BCUT2D eigenvalue weighted by Crippen LogP contribution is -2.62. The van der Waals surface area contributed by atoms with E-state index in [1.165, 1.54) is 48.4 Å². The van der Waals surface area contributed by atoms with Crippen molar-refractivity contribution in [3.8, 4) is 5.75 Å².